The van der Waals surface area contributed by atoms with Gasteiger partial charge in [-0.15, -0.1) is 0 Å². The normalized spacial score (nSPS) is 18.7. The van der Waals surface area contributed by atoms with Crippen molar-refractivity contribution in [2.24, 2.45) is 5.92 Å². The molecule has 1 heterocycles. The van der Waals surface area contributed by atoms with Crippen LogP contribution < -0.4 is 5.32 Å². The Morgan fingerprint density at radius 3 is 3.00 bits per heavy atom. The summed E-state index contributed by atoms with van der Waals surface area (Å²) in [5, 5.41) is 3.15. The molecule has 94 valence electrons. The highest BCUT2D eigenvalue weighted by molar-refractivity contribution is 8.01. The van der Waals surface area contributed by atoms with Crippen molar-refractivity contribution in [2.75, 3.05) is 19.9 Å². The fourth-order valence-corrected chi connectivity index (χ4v) is 3.65. The van der Waals surface area contributed by atoms with E-state index in [-0.39, 0.29) is 5.97 Å². The SMILES string of the molecule is CNC(CSc1ncns1)(C(=O)OC)C1CC1. The van der Waals surface area contributed by atoms with Crippen molar-refractivity contribution in [3.8, 4) is 0 Å². The molecule has 1 saturated carbocycles. The van der Waals surface area contributed by atoms with E-state index in [9.17, 15) is 4.79 Å². The second kappa shape index (κ2) is 5.32. The molecule has 0 bridgehead atoms. The Morgan fingerprint density at radius 2 is 2.53 bits per heavy atom. The Kier molecular flexibility index (Phi) is 4.01. The summed E-state index contributed by atoms with van der Waals surface area (Å²) in [5.74, 6) is 0.829. The Balaban J connectivity index is 2.07. The van der Waals surface area contributed by atoms with Crippen LogP contribution in [0.1, 0.15) is 12.8 Å². The molecule has 0 radical (unpaired) electrons. The Labute approximate surface area is 109 Å². The van der Waals surface area contributed by atoms with Crippen LogP contribution in [0.15, 0.2) is 10.7 Å². The molecule has 0 aliphatic heterocycles. The van der Waals surface area contributed by atoms with E-state index in [0.29, 0.717) is 11.7 Å². The zero-order chi connectivity index (χ0) is 12.3. The van der Waals surface area contributed by atoms with Crippen molar-refractivity contribution in [1.82, 2.24) is 14.7 Å². The van der Waals surface area contributed by atoms with E-state index in [1.54, 1.807) is 11.8 Å². The molecule has 1 aromatic rings. The molecule has 1 unspecified atom stereocenters. The molecule has 1 aromatic heterocycles. The van der Waals surface area contributed by atoms with Gasteiger partial charge in [-0.25, -0.2) is 4.98 Å². The summed E-state index contributed by atoms with van der Waals surface area (Å²) in [4.78, 5) is 16.1. The van der Waals surface area contributed by atoms with E-state index in [2.05, 4.69) is 14.7 Å². The van der Waals surface area contributed by atoms with Gasteiger partial charge in [-0.1, -0.05) is 11.8 Å². The number of likely N-dealkylation sites (N-methyl/N-ethyl adjacent to an activating group) is 1. The second-order valence-electron chi connectivity index (χ2n) is 3.98. The van der Waals surface area contributed by atoms with Gasteiger partial charge in [-0.2, -0.15) is 4.37 Å². The standard InChI is InChI=1S/C10H15N3O2S2/c1-11-10(7-3-4-7,8(14)15-2)5-16-9-12-6-13-17-9/h6-7,11H,3-5H2,1-2H3. The summed E-state index contributed by atoms with van der Waals surface area (Å²) in [7, 11) is 3.25. The first-order valence-electron chi connectivity index (χ1n) is 5.39. The number of hydrogen-bond acceptors (Lipinski definition) is 7. The molecule has 2 rings (SSSR count). The summed E-state index contributed by atoms with van der Waals surface area (Å²) >= 11 is 2.90. The number of carbonyl (C=O) groups is 1. The first kappa shape index (κ1) is 12.8. The van der Waals surface area contributed by atoms with Gasteiger partial charge in [0.2, 0.25) is 0 Å². The summed E-state index contributed by atoms with van der Waals surface area (Å²) < 4.78 is 9.76. The number of hydrogen-bond donors (Lipinski definition) is 1. The number of esters is 1. The van der Waals surface area contributed by atoms with Crippen molar-refractivity contribution >= 4 is 29.3 Å². The zero-order valence-corrected chi connectivity index (χ0v) is 11.4. The van der Waals surface area contributed by atoms with Crippen molar-refractivity contribution in [3.05, 3.63) is 6.33 Å². The van der Waals surface area contributed by atoms with Gasteiger partial charge in [-0.3, -0.25) is 4.79 Å². The highest BCUT2D eigenvalue weighted by atomic mass is 32.2. The highest BCUT2D eigenvalue weighted by Gasteiger charge is 2.51. The molecule has 0 spiro atoms. The van der Waals surface area contributed by atoms with Crippen LogP contribution in [0.5, 0.6) is 0 Å². The average Bonchev–Trinajstić information content (AvgIpc) is 3.07. The first-order valence-corrected chi connectivity index (χ1v) is 7.15. The van der Waals surface area contributed by atoms with Gasteiger partial charge in [-0.05, 0) is 37.3 Å². The van der Waals surface area contributed by atoms with Crippen LogP contribution >= 0.6 is 23.3 Å². The zero-order valence-electron chi connectivity index (χ0n) is 9.80. The van der Waals surface area contributed by atoms with Gasteiger partial charge in [0.25, 0.3) is 0 Å². The van der Waals surface area contributed by atoms with E-state index in [4.69, 9.17) is 4.74 Å². The quantitative estimate of drug-likeness (QED) is 0.620. The van der Waals surface area contributed by atoms with Crippen LogP contribution in [0.4, 0.5) is 0 Å². The predicted molar refractivity (Wildman–Crippen MR) is 67.2 cm³/mol. The number of nitrogens with one attached hydrogen (secondary N) is 1. The smallest absolute Gasteiger partial charge is 0.327 e. The van der Waals surface area contributed by atoms with Crippen molar-refractivity contribution in [2.45, 2.75) is 22.7 Å². The maximum Gasteiger partial charge on any atom is 0.327 e. The molecule has 1 aliphatic carbocycles. The van der Waals surface area contributed by atoms with Gasteiger partial charge >= 0.3 is 5.97 Å². The molecule has 7 heteroatoms. The molecule has 5 nitrogen and oxygen atoms in total. The van der Waals surface area contributed by atoms with Gasteiger partial charge in [0, 0.05) is 5.75 Å². The van der Waals surface area contributed by atoms with Crippen LogP contribution in [-0.2, 0) is 9.53 Å². The number of ether oxygens (including phenoxy) is 1. The van der Waals surface area contributed by atoms with Crippen LogP contribution in [0.2, 0.25) is 0 Å². The van der Waals surface area contributed by atoms with Crippen LogP contribution in [-0.4, -0.2) is 40.8 Å². The monoisotopic (exact) mass is 273 g/mol. The van der Waals surface area contributed by atoms with Crippen LogP contribution in [0, 0.1) is 5.92 Å². The van der Waals surface area contributed by atoms with E-state index < -0.39 is 5.54 Å². The first-order chi connectivity index (χ1) is 8.23. The lowest BCUT2D eigenvalue weighted by atomic mass is 9.96. The highest BCUT2D eigenvalue weighted by Crippen LogP contribution is 2.42. The van der Waals surface area contributed by atoms with Gasteiger partial charge in [0.1, 0.15) is 11.9 Å². The lowest BCUT2D eigenvalue weighted by Crippen LogP contribution is -2.55. The topological polar surface area (TPSA) is 64.1 Å². The lowest BCUT2D eigenvalue weighted by molar-refractivity contribution is -0.148. The van der Waals surface area contributed by atoms with E-state index in [0.717, 1.165) is 17.2 Å². The van der Waals surface area contributed by atoms with Gasteiger partial charge in [0.05, 0.1) is 7.11 Å². The van der Waals surface area contributed by atoms with Gasteiger partial charge < -0.3 is 10.1 Å². The van der Waals surface area contributed by atoms with Gasteiger partial charge in [0.15, 0.2) is 4.34 Å². The fourth-order valence-electron chi connectivity index (χ4n) is 1.88. The molecule has 0 aromatic carbocycles. The third-order valence-electron chi connectivity index (χ3n) is 3.03. The number of rotatable bonds is 6. The van der Waals surface area contributed by atoms with Crippen molar-refractivity contribution < 1.29 is 9.53 Å². The molecule has 1 atom stereocenters. The minimum Gasteiger partial charge on any atom is -0.468 e. The van der Waals surface area contributed by atoms with Crippen molar-refractivity contribution in [1.29, 1.82) is 0 Å². The summed E-state index contributed by atoms with van der Waals surface area (Å²) in [6, 6.07) is 0. The number of nitrogens with zero attached hydrogens (tertiary/aromatic N) is 2. The average molecular weight is 273 g/mol. The molecule has 1 aliphatic rings. The lowest BCUT2D eigenvalue weighted by Gasteiger charge is -2.29. The third-order valence-corrected chi connectivity index (χ3v) is 5.02. The summed E-state index contributed by atoms with van der Waals surface area (Å²) in [6.45, 7) is 0. The molecule has 1 fully saturated rings. The summed E-state index contributed by atoms with van der Waals surface area (Å²) in [6.07, 6.45) is 3.68. The molecule has 0 amide bonds. The fraction of sp³-hybridized carbons (Fsp3) is 0.700. The minimum atomic E-state index is -0.578. The molecule has 0 saturated heterocycles. The van der Waals surface area contributed by atoms with E-state index >= 15 is 0 Å². The largest absolute Gasteiger partial charge is 0.468 e. The van der Waals surface area contributed by atoms with Crippen LogP contribution in [0.3, 0.4) is 0 Å². The Hall–Kier alpha value is -0.660. The Morgan fingerprint density at radius 1 is 1.76 bits per heavy atom. The molecule has 17 heavy (non-hydrogen) atoms. The number of aromatic nitrogens is 2. The third kappa shape index (κ3) is 2.61. The molecular weight excluding hydrogens is 258 g/mol. The van der Waals surface area contributed by atoms with Crippen molar-refractivity contribution in [3.63, 3.8) is 0 Å². The molecular formula is C10H15N3O2S2. The minimum absolute atomic E-state index is 0.181. The van der Waals surface area contributed by atoms with E-state index in [1.807, 2.05) is 7.05 Å². The predicted octanol–water partition coefficient (Wildman–Crippen LogP) is 1.17. The number of methoxy groups -OCH3 is 1. The Bertz CT molecular complexity index is 381. The van der Waals surface area contributed by atoms with E-state index in [1.165, 1.54) is 25.0 Å². The van der Waals surface area contributed by atoms with Crippen LogP contribution in [0.25, 0.3) is 0 Å². The number of carbonyl (C=O) groups excluding carboxylic acids is 1. The second-order valence-corrected chi connectivity index (χ2v) is 5.99. The summed E-state index contributed by atoms with van der Waals surface area (Å²) in [5.41, 5.74) is -0.578. The molecule has 1 N–H and O–H groups in total. The maximum atomic E-state index is 12.0. The maximum absolute atomic E-state index is 12.0. The number of thioether (sulfide) groups is 1.